The van der Waals surface area contributed by atoms with Gasteiger partial charge in [-0.1, -0.05) is 43.5 Å². The largest absolute Gasteiger partial charge is 0.487 e. The number of halogens is 2. The van der Waals surface area contributed by atoms with Crippen LogP contribution in [0.15, 0.2) is 12.1 Å². The summed E-state index contributed by atoms with van der Waals surface area (Å²) in [4.78, 5) is 0. The molecule has 2 nitrogen and oxygen atoms in total. The first kappa shape index (κ1) is 13.0. The van der Waals surface area contributed by atoms with Gasteiger partial charge in [0.15, 0.2) is 0 Å². The molecule has 0 aliphatic carbocycles. The standard InChI is InChI=1S/C13H17Cl2NO/c1-3-5-11-12(16-4-2)9-6-8(14)7-10(15)13(9)17-11/h6-7,11-12,16H,3-5H2,1-2H3. The zero-order valence-corrected chi connectivity index (χ0v) is 11.6. The van der Waals surface area contributed by atoms with E-state index in [-0.39, 0.29) is 12.1 Å². The summed E-state index contributed by atoms with van der Waals surface area (Å²) in [5.41, 5.74) is 1.09. The van der Waals surface area contributed by atoms with E-state index in [1.54, 1.807) is 6.07 Å². The maximum atomic E-state index is 6.17. The minimum atomic E-state index is 0.158. The number of ether oxygens (including phenoxy) is 1. The molecule has 2 unspecified atom stereocenters. The highest BCUT2D eigenvalue weighted by Gasteiger charge is 2.34. The minimum absolute atomic E-state index is 0.158. The van der Waals surface area contributed by atoms with Gasteiger partial charge < -0.3 is 10.1 Å². The van der Waals surface area contributed by atoms with Gasteiger partial charge in [-0.05, 0) is 25.1 Å². The Bertz CT molecular complexity index is 409. The van der Waals surface area contributed by atoms with E-state index >= 15 is 0 Å². The quantitative estimate of drug-likeness (QED) is 0.888. The van der Waals surface area contributed by atoms with Gasteiger partial charge >= 0.3 is 0 Å². The Kier molecular flexibility index (Phi) is 4.18. The van der Waals surface area contributed by atoms with Crippen LogP contribution in [-0.2, 0) is 0 Å². The fourth-order valence-electron chi connectivity index (χ4n) is 2.33. The van der Waals surface area contributed by atoms with Crippen LogP contribution in [0.1, 0.15) is 38.3 Å². The fourth-order valence-corrected chi connectivity index (χ4v) is 2.88. The lowest BCUT2D eigenvalue weighted by Gasteiger charge is -2.19. The minimum Gasteiger partial charge on any atom is -0.487 e. The van der Waals surface area contributed by atoms with Crippen LogP contribution in [0.2, 0.25) is 10.0 Å². The van der Waals surface area contributed by atoms with Gasteiger partial charge in [-0.3, -0.25) is 0 Å². The molecule has 0 saturated heterocycles. The molecule has 17 heavy (non-hydrogen) atoms. The Morgan fingerprint density at radius 3 is 2.71 bits per heavy atom. The maximum Gasteiger partial charge on any atom is 0.143 e. The zero-order valence-electron chi connectivity index (χ0n) is 10.1. The predicted octanol–water partition coefficient (Wildman–Crippen LogP) is 4.21. The molecular formula is C13H17Cl2NO. The van der Waals surface area contributed by atoms with Gasteiger partial charge in [0.25, 0.3) is 0 Å². The Labute approximate surface area is 112 Å². The third-order valence-corrected chi connectivity index (χ3v) is 3.51. The van der Waals surface area contributed by atoms with Crippen molar-refractivity contribution in [1.82, 2.24) is 5.32 Å². The molecule has 0 amide bonds. The lowest BCUT2D eigenvalue weighted by atomic mass is 10.0. The Balaban J connectivity index is 2.35. The molecule has 94 valence electrons. The van der Waals surface area contributed by atoms with Gasteiger partial charge in [0.05, 0.1) is 11.1 Å². The van der Waals surface area contributed by atoms with Gasteiger partial charge in [0.1, 0.15) is 11.9 Å². The van der Waals surface area contributed by atoms with Crippen molar-refractivity contribution < 1.29 is 4.74 Å². The average molecular weight is 274 g/mol. The van der Waals surface area contributed by atoms with Gasteiger partial charge in [0.2, 0.25) is 0 Å². The Hall–Kier alpha value is -0.440. The first-order valence-corrected chi connectivity index (χ1v) is 6.82. The van der Waals surface area contributed by atoms with Crippen molar-refractivity contribution in [2.24, 2.45) is 0 Å². The Morgan fingerprint density at radius 1 is 1.29 bits per heavy atom. The number of hydrogen-bond donors (Lipinski definition) is 1. The van der Waals surface area contributed by atoms with Crippen LogP contribution in [-0.4, -0.2) is 12.6 Å². The summed E-state index contributed by atoms with van der Waals surface area (Å²) in [6.45, 7) is 5.15. The van der Waals surface area contributed by atoms with Crippen LogP contribution < -0.4 is 10.1 Å². The smallest absolute Gasteiger partial charge is 0.143 e. The summed E-state index contributed by atoms with van der Waals surface area (Å²) in [5, 5.41) is 4.72. The third-order valence-electron chi connectivity index (χ3n) is 3.01. The van der Waals surface area contributed by atoms with Crippen LogP contribution in [0.3, 0.4) is 0 Å². The van der Waals surface area contributed by atoms with E-state index in [1.807, 2.05) is 6.07 Å². The first-order chi connectivity index (χ1) is 8.17. The SMILES string of the molecule is CCCC1Oc2c(Cl)cc(Cl)cc2C1NCC. The summed E-state index contributed by atoms with van der Waals surface area (Å²) in [6.07, 6.45) is 2.26. The Morgan fingerprint density at radius 2 is 2.06 bits per heavy atom. The van der Waals surface area contributed by atoms with Crippen molar-refractivity contribution in [2.45, 2.75) is 38.8 Å². The first-order valence-electron chi connectivity index (χ1n) is 6.06. The molecule has 0 bridgehead atoms. The molecule has 2 rings (SSSR count). The van der Waals surface area contributed by atoms with Crippen LogP contribution in [0.5, 0.6) is 5.75 Å². The van der Waals surface area contributed by atoms with E-state index in [1.165, 1.54) is 0 Å². The van der Waals surface area contributed by atoms with Gasteiger partial charge in [-0.25, -0.2) is 0 Å². The van der Waals surface area contributed by atoms with Crippen molar-refractivity contribution in [3.05, 3.63) is 27.7 Å². The van der Waals surface area contributed by atoms with E-state index < -0.39 is 0 Å². The molecule has 0 aromatic heterocycles. The summed E-state index contributed by atoms with van der Waals surface area (Å²) in [6, 6.07) is 3.89. The molecule has 1 heterocycles. The second-order valence-electron chi connectivity index (χ2n) is 4.29. The number of rotatable bonds is 4. The molecule has 0 radical (unpaired) electrons. The van der Waals surface area contributed by atoms with Gasteiger partial charge in [-0.15, -0.1) is 0 Å². The molecule has 2 atom stereocenters. The lowest BCUT2D eigenvalue weighted by molar-refractivity contribution is 0.179. The second-order valence-corrected chi connectivity index (χ2v) is 5.13. The summed E-state index contributed by atoms with van der Waals surface area (Å²) in [5.74, 6) is 0.792. The summed E-state index contributed by atoms with van der Waals surface area (Å²) >= 11 is 12.2. The topological polar surface area (TPSA) is 21.3 Å². The number of likely N-dealkylation sites (N-methyl/N-ethyl adjacent to an activating group) is 1. The van der Waals surface area contributed by atoms with Gasteiger partial charge in [0, 0.05) is 10.6 Å². The van der Waals surface area contributed by atoms with E-state index in [2.05, 4.69) is 19.2 Å². The van der Waals surface area contributed by atoms with Crippen molar-refractivity contribution in [2.75, 3.05) is 6.54 Å². The van der Waals surface area contributed by atoms with Crippen LogP contribution in [0, 0.1) is 0 Å². The number of benzene rings is 1. The number of nitrogens with one attached hydrogen (secondary N) is 1. The van der Waals surface area contributed by atoms with Crippen molar-refractivity contribution in [1.29, 1.82) is 0 Å². The van der Waals surface area contributed by atoms with Crippen molar-refractivity contribution in [3.63, 3.8) is 0 Å². The van der Waals surface area contributed by atoms with Crippen LogP contribution in [0.4, 0.5) is 0 Å². The van der Waals surface area contributed by atoms with Crippen LogP contribution in [0.25, 0.3) is 0 Å². The van der Waals surface area contributed by atoms with Crippen molar-refractivity contribution in [3.8, 4) is 5.75 Å². The maximum absolute atomic E-state index is 6.17. The highest BCUT2D eigenvalue weighted by molar-refractivity contribution is 6.35. The highest BCUT2D eigenvalue weighted by atomic mass is 35.5. The molecular weight excluding hydrogens is 257 g/mol. The molecule has 0 spiro atoms. The van der Waals surface area contributed by atoms with Crippen LogP contribution >= 0.6 is 23.2 Å². The third kappa shape index (κ3) is 2.54. The monoisotopic (exact) mass is 273 g/mol. The lowest BCUT2D eigenvalue weighted by Crippen LogP contribution is -2.30. The molecule has 1 aromatic carbocycles. The molecule has 1 aromatic rings. The summed E-state index contributed by atoms with van der Waals surface area (Å²) in [7, 11) is 0. The van der Waals surface area contributed by atoms with E-state index in [0.717, 1.165) is 30.7 Å². The fraction of sp³-hybridized carbons (Fsp3) is 0.538. The van der Waals surface area contributed by atoms with E-state index in [0.29, 0.717) is 10.0 Å². The van der Waals surface area contributed by atoms with E-state index in [9.17, 15) is 0 Å². The van der Waals surface area contributed by atoms with E-state index in [4.69, 9.17) is 27.9 Å². The molecule has 1 aliphatic rings. The molecule has 4 heteroatoms. The van der Waals surface area contributed by atoms with Gasteiger partial charge in [-0.2, -0.15) is 0 Å². The number of hydrogen-bond acceptors (Lipinski definition) is 2. The second kappa shape index (κ2) is 5.47. The zero-order chi connectivity index (χ0) is 12.4. The number of fused-ring (bicyclic) bond motifs is 1. The summed E-state index contributed by atoms with van der Waals surface area (Å²) < 4.78 is 5.95. The predicted molar refractivity (Wildman–Crippen MR) is 72.2 cm³/mol. The van der Waals surface area contributed by atoms with Crippen molar-refractivity contribution >= 4 is 23.2 Å². The molecule has 1 aliphatic heterocycles. The molecule has 0 fully saturated rings. The normalized spacial score (nSPS) is 22.4. The molecule has 1 N–H and O–H groups in total. The average Bonchev–Trinajstić information content (AvgIpc) is 2.59. The highest BCUT2D eigenvalue weighted by Crippen LogP contribution is 2.44. The molecule has 0 saturated carbocycles.